The van der Waals surface area contributed by atoms with Crippen molar-refractivity contribution in [3.05, 3.63) is 60.7 Å². The molecule has 104 valence electrons. The van der Waals surface area contributed by atoms with Crippen LogP contribution in [0.2, 0.25) is 0 Å². The molecule has 2 aromatic heterocycles. The van der Waals surface area contributed by atoms with Gasteiger partial charge in [0.05, 0.1) is 29.8 Å². The molecule has 0 bridgehead atoms. The maximum absolute atomic E-state index is 12.0. The summed E-state index contributed by atoms with van der Waals surface area (Å²) in [7, 11) is 1.76. The van der Waals surface area contributed by atoms with E-state index < -0.39 is 0 Å². The molecule has 0 saturated carbocycles. The number of hydrogen-bond acceptors (Lipinski definition) is 4. The average Bonchev–Trinajstić information content (AvgIpc) is 2.96. The Kier molecular flexibility index (Phi) is 3.42. The molecule has 6 heteroatoms. The van der Waals surface area contributed by atoms with Crippen LogP contribution in [0.1, 0.15) is 10.4 Å². The first-order chi connectivity index (χ1) is 10.2. The lowest BCUT2D eigenvalue weighted by Gasteiger charge is -2.04. The van der Waals surface area contributed by atoms with E-state index in [4.69, 9.17) is 0 Å². The molecular formula is C15H13N5O. The second-order valence-corrected chi connectivity index (χ2v) is 4.52. The van der Waals surface area contributed by atoms with Gasteiger partial charge in [0.25, 0.3) is 5.91 Å². The molecule has 0 unspecified atom stereocenters. The van der Waals surface area contributed by atoms with E-state index in [0.717, 1.165) is 5.56 Å². The quantitative estimate of drug-likeness (QED) is 0.797. The Labute approximate surface area is 121 Å². The summed E-state index contributed by atoms with van der Waals surface area (Å²) in [5.41, 5.74) is 1.97. The average molecular weight is 279 g/mol. The second-order valence-electron chi connectivity index (χ2n) is 4.52. The number of carbonyl (C=O) groups excluding carboxylic acids is 1. The first-order valence-corrected chi connectivity index (χ1v) is 6.40. The smallest absolute Gasteiger partial charge is 0.258 e. The second kappa shape index (κ2) is 5.54. The molecule has 0 fully saturated rings. The number of rotatable bonds is 3. The SMILES string of the molecule is Cn1cc(C(=O)Nc2cnc(-c3ccccc3)nc2)cn1. The number of carbonyl (C=O) groups is 1. The molecular weight excluding hydrogens is 266 g/mol. The van der Waals surface area contributed by atoms with Crippen molar-refractivity contribution < 1.29 is 4.79 Å². The molecule has 0 aliphatic carbocycles. The Balaban J connectivity index is 1.74. The van der Waals surface area contributed by atoms with E-state index in [-0.39, 0.29) is 5.91 Å². The van der Waals surface area contributed by atoms with Gasteiger partial charge >= 0.3 is 0 Å². The number of nitrogens with one attached hydrogen (secondary N) is 1. The zero-order valence-electron chi connectivity index (χ0n) is 11.4. The molecule has 1 amide bonds. The molecule has 0 aliphatic heterocycles. The summed E-state index contributed by atoms with van der Waals surface area (Å²) in [5.74, 6) is 0.383. The van der Waals surface area contributed by atoms with Gasteiger partial charge in [-0.3, -0.25) is 9.48 Å². The monoisotopic (exact) mass is 279 g/mol. The van der Waals surface area contributed by atoms with Gasteiger partial charge in [0.1, 0.15) is 0 Å². The fourth-order valence-corrected chi connectivity index (χ4v) is 1.87. The Morgan fingerprint density at radius 1 is 1.10 bits per heavy atom. The van der Waals surface area contributed by atoms with Crippen LogP contribution in [-0.4, -0.2) is 25.7 Å². The number of nitrogens with zero attached hydrogens (tertiary/aromatic N) is 4. The van der Waals surface area contributed by atoms with Gasteiger partial charge in [0.2, 0.25) is 0 Å². The lowest BCUT2D eigenvalue weighted by atomic mass is 10.2. The van der Waals surface area contributed by atoms with Crippen LogP contribution in [0.3, 0.4) is 0 Å². The summed E-state index contributed by atoms with van der Waals surface area (Å²) >= 11 is 0. The summed E-state index contributed by atoms with van der Waals surface area (Å²) < 4.78 is 1.57. The number of hydrogen-bond donors (Lipinski definition) is 1. The molecule has 21 heavy (non-hydrogen) atoms. The van der Waals surface area contributed by atoms with E-state index in [1.165, 1.54) is 6.20 Å². The molecule has 1 aromatic carbocycles. The largest absolute Gasteiger partial charge is 0.319 e. The van der Waals surface area contributed by atoms with Gasteiger partial charge in [0.15, 0.2) is 5.82 Å². The summed E-state index contributed by atoms with van der Waals surface area (Å²) in [6, 6.07) is 9.66. The molecule has 3 aromatic rings. The summed E-state index contributed by atoms with van der Waals surface area (Å²) in [5, 5.41) is 6.69. The molecule has 3 rings (SSSR count). The minimum absolute atomic E-state index is 0.237. The van der Waals surface area contributed by atoms with Crippen molar-refractivity contribution in [1.82, 2.24) is 19.7 Å². The minimum Gasteiger partial charge on any atom is -0.319 e. The van der Waals surface area contributed by atoms with E-state index in [2.05, 4.69) is 20.4 Å². The highest BCUT2D eigenvalue weighted by atomic mass is 16.1. The van der Waals surface area contributed by atoms with Gasteiger partial charge in [-0.05, 0) is 0 Å². The van der Waals surface area contributed by atoms with E-state index in [0.29, 0.717) is 17.1 Å². The van der Waals surface area contributed by atoms with Gasteiger partial charge < -0.3 is 5.32 Å². The Bertz CT molecular complexity index is 749. The van der Waals surface area contributed by atoms with Gasteiger partial charge in [0, 0.05) is 18.8 Å². The predicted molar refractivity (Wildman–Crippen MR) is 78.6 cm³/mol. The van der Waals surface area contributed by atoms with Gasteiger partial charge in [-0.25, -0.2) is 9.97 Å². The standard InChI is InChI=1S/C15H13N5O/c1-20-10-12(7-18-20)15(21)19-13-8-16-14(17-9-13)11-5-3-2-4-6-11/h2-10H,1H3,(H,19,21). The van der Waals surface area contributed by atoms with Crippen molar-refractivity contribution in [2.75, 3.05) is 5.32 Å². The molecule has 0 spiro atoms. The third-order valence-corrected chi connectivity index (χ3v) is 2.91. The van der Waals surface area contributed by atoms with E-state index >= 15 is 0 Å². The molecule has 0 aliphatic rings. The van der Waals surface area contributed by atoms with Crippen LogP contribution in [-0.2, 0) is 7.05 Å². The van der Waals surface area contributed by atoms with Crippen LogP contribution in [0.4, 0.5) is 5.69 Å². The summed E-state index contributed by atoms with van der Waals surface area (Å²) in [6.07, 6.45) is 6.33. The van der Waals surface area contributed by atoms with Gasteiger partial charge in [-0.1, -0.05) is 30.3 Å². The number of benzene rings is 1. The van der Waals surface area contributed by atoms with Gasteiger partial charge in [-0.2, -0.15) is 5.10 Å². The topological polar surface area (TPSA) is 72.7 Å². The molecule has 2 heterocycles. The first-order valence-electron chi connectivity index (χ1n) is 6.40. The lowest BCUT2D eigenvalue weighted by molar-refractivity contribution is 0.102. The highest BCUT2D eigenvalue weighted by Crippen LogP contribution is 2.15. The lowest BCUT2D eigenvalue weighted by Crippen LogP contribution is -2.11. The van der Waals surface area contributed by atoms with Crippen LogP contribution in [0.15, 0.2) is 55.1 Å². The van der Waals surface area contributed by atoms with Crippen molar-refractivity contribution >= 4 is 11.6 Å². The van der Waals surface area contributed by atoms with Crippen molar-refractivity contribution in [2.45, 2.75) is 0 Å². The highest BCUT2D eigenvalue weighted by Gasteiger charge is 2.09. The zero-order valence-corrected chi connectivity index (χ0v) is 11.4. The zero-order chi connectivity index (χ0) is 14.7. The normalized spacial score (nSPS) is 10.3. The fraction of sp³-hybridized carbons (Fsp3) is 0.0667. The van der Waals surface area contributed by atoms with Crippen LogP contribution in [0, 0.1) is 0 Å². The summed E-state index contributed by atoms with van der Waals surface area (Å²) in [6.45, 7) is 0. The number of amides is 1. The van der Waals surface area contributed by atoms with Crippen LogP contribution in [0.5, 0.6) is 0 Å². The Morgan fingerprint density at radius 2 is 1.81 bits per heavy atom. The van der Waals surface area contributed by atoms with Crippen molar-refractivity contribution in [3.63, 3.8) is 0 Å². The number of aryl methyl sites for hydroxylation is 1. The highest BCUT2D eigenvalue weighted by molar-refractivity contribution is 6.03. The third-order valence-electron chi connectivity index (χ3n) is 2.91. The molecule has 0 atom stereocenters. The molecule has 0 radical (unpaired) electrons. The van der Waals surface area contributed by atoms with Gasteiger partial charge in [-0.15, -0.1) is 0 Å². The van der Waals surface area contributed by atoms with Crippen LogP contribution < -0.4 is 5.32 Å². The van der Waals surface area contributed by atoms with Crippen molar-refractivity contribution in [1.29, 1.82) is 0 Å². The van der Waals surface area contributed by atoms with E-state index in [9.17, 15) is 4.79 Å². The number of anilines is 1. The van der Waals surface area contributed by atoms with Crippen LogP contribution >= 0.6 is 0 Å². The number of aromatic nitrogens is 4. The van der Waals surface area contributed by atoms with Crippen molar-refractivity contribution in [3.8, 4) is 11.4 Å². The Hall–Kier alpha value is -3.02. The fourth-order valence-electron chi connectivity index (χ4n) is 1.87. The molecule has 6 nitrogen and oxygen atoms in total. The maximum atomic E-state index is 12.0. The Morgan fingerprint density at radius 3 is 2.43 bits per heavy atom. The predicted octanol–water partition coefficient (Wildman–Crippen LogP) is 2.13. The van der Waals surface area contributed by atoms with Crippen LogP contribution in [0.25, 0.3) is 11.4 Å². The molecule has 1 N–H and O–H groups in total. The van der Waals surface area contributed by atoms with E-state index in [1.807, 2.05) is 30.3 Å². The maximum Gasteiger partial charge on any atom is 0.258 e. The van der Waals surface area contributed by atoms with Crippen molar-refractivity contribution in [2.24, 2.45) is 7.05 Å². The third kappa shape index (κ3) is 2.94. The van der Waals surface area contributed by atoms with E-state index in [1.54, 1.807) is 30.3 Å². The summed E-state index contributed by atoms with van der Waals surface area (Å²) in [4.78, 5) is 20.5. The first kappa shape index (κ1) is 13.0. The molecule has 0 saturated heterocycles. The minimum atomic E-state index is -0.237.